The molecule has 0 aliphatic heterocycles. The summed E-state index contributed by atoms with van der Waals surface area (Å²) < 4.78 is 5.69. The van der Waals surface area contributed by atoms with Crippen LogP contribution in [0.3, 0.4) is 0 Å². The number of carbonyl (C=O) groups is 2. The van der Waals surface area contributed by atoms with Gasteiger partial charge in [-0.3, -0.25) is 9.59 Å². The lowest BCUT2D eigenvalue weighted by atomic mass is 10.1. The molecule has 0 bridgehead atoms. The van der Waals surface area contributed by atoms with E-state index in [2.05, 4.69) is 15.8 Å². The van der Waals surface area contributed by atoms with Crippen LogP contribution in [-0.2, 0) is 9.59 Å². The molecule has 0 unspecified atom stereocenters. The number of para-hydroxylation sites is 2. The van der Waals surface area contributed by atoms with Crippen LogP contribution in [0.4, 0.5) is 5.69 Å². The fourth-order valence-corrected chi connectivity index (χ4v) is 3.35. The molecule has 0 fully saturated rings. The monoisotopic (exact) mass is 467 g/mol. The molecule has 7 nitrogen and oxygen atoms in total. The number of phenols is 1. The predicted molar refractivity (Wildman–Crippen MR) is 129 cm³/mol. The average Bonchev–Trinajstić information content (AvgIpc) is 3.27. The standard InChI is InChI=1S/C25H26ClN3O4/c26-19-9-7-8-18(16-19)23-15-14-20(33-23)17-27-29-25(32)13-4-2-1-3-12-24(31)28-21-10-5-6-11-22(21)30/h5-11,14-17,30H,1-4,12-13H2,(H,28,31)(H,29,32)/b27-17+. The van der Waals surface area contributed by atoms with Crippen molar-refractivity contribution in [3.63, 3.8) is 0 Å². The van der Waals surface area contributed by atoms with E-state index in [0.29, 0.717) is 47.9 Å². The van der Waals surface area contributed by atoms with Gasteiger partial charge in [-0.05, 0) is 49.2 Å². The molecule has 3 N–H and O–H groups in total. The second kappa shape index (κ2) is 12.5. The molecule has 0 saturated carbocycles. The first kappa shape index (κ1) is 24.1. The first-order valence-electron chi connectivity index (χ1n) is 10.8. The Balaban J connectivity index is 1.28. The molecule has 0 saturated heterocycles. The number of hydrazone groups is 1. The zero-order chi connectivity index (χ0) is 23.5. The van der Waals surface area contributed by atoms with Crippen LogP contribution in [0.2, 0.25) is 5.02 Å². The van der Waals surface area contributed by atoms with Gasteiger partial charge in [0.05, 0.1) is 11.9 Å². The minimum absolute atomic E-state index is 0.0492. The van der Waals surface area contributed by atoms with Crippen molar-refractivity contribution in [2.45, 2.75) is 38.5 Å². The summed E-state index contributed by atoms with van der Waals surface area (Å²) in [6.07, 6.45) is 5.27. The summed E-state index contributed by atoms with van der Waals surface area (Å²) in [4.78, 5) is 23.8. The maximum atomic E-state index is 11.9. The number of amides is 2. The van der Waals surface area contributed by atoms with E-state index in [1.165, 1.54) is 12.3 Å². The van der Waals surface area contributed by atoms with E-state index in [4.69, 9.17) is 16.0 Å². The minimum atomic E-state index is -0.176. The van der Waals surface area contributed by atoms with Crippen molar-refractivity contribution >= 4 is 35.3 Å². The molecule has 1 aromatic heterocycles. The van der Waals surface area contributed by atoms with Gasteiger partial charge in [0.25, 0.3) is 0 Å². The van der Waals surface area contributed by atoms with E-state index in [-0.39, 0.29) is 17.6 Å². The Bertz CT molecular complexity index is 1110. The highest BCUT2D eigenvalue weighted by Gasteiger charge is 2.06. The minimum Gasteiger partial charge on any atom is -0.506 e. The topological polar surface area (TPSA) is 104 Å². The first-order chi connectivity index (χ1) is 16.0. The molecule has 3 aromatic rings. The molecule has 0 atom stereocenters. The summed E-state index contributed by atoms with van der Waals surface area (Å²) in [5, 5.41) is 16.9. The summed E-state index contributed by atoms with van der Waals surface area (Å²) in [7, 11) is 0. The maximum Gasteiger partial charge on any atom is 0.240 e. The van der Waals surface area contributed by atoms with Crippen molar-refractivity contribution in [3.8, 4) is 17.1 Å². The van der Waals surface area contributed by atoms with Crippen LogP contribution in [0, 0.1) is 0 Å². The Morgan fingerprint density at radius 1 is 0.939 bits per heavy atom. The number of furan rings is 1. The highest BCUT2D eigenvalue weighted by atomic mass is 35.5. The van der Waals surface area contributed by atoms with E-state index in [9.17, 15) is 14.7 Å². The van der Waals surface area contributed by atoms with Crippen molar-refractivity contribution in [2.75, 3.05) is 5.32 Å². The molecule has 1 heterocycles. The van der Waals surface area contributed by atoms with Gasteiger partial charge in [-0.15, -0.1) is 0 Å². The van der Waals surface area contributed by atoms with Crippen LogP contribution >= 0.6 is 11.6 Å². The number of nitrogens with one attached hydrogen (secondary N) is 2. The van der Waals surface area contributed by atoms with E-state index < -0.39 is 0 Å². The third kappa shape index (κ3) is 8.12. The predicted octanol–water partition coefficient (Wildman–Crippen LogP) is 5.74. The average molecular weight is 468 g/mol. The van der Waals surface area contributed by atoms with Crippen molar-refractivity contribution in [1.82, 2.24) is 5.43 Å². The summed E-state index contributed by atoms with van der Waals surface area (Å²) in [6.45, 7) is 0. The van der Waals surface area contributed by atoms with Gasteiger partial charge >= 0.3 is 0 Å². The van der Waals surface area contributed by atoms with E-state index in [1.54, 1.807) is 30.3 Å². The number of unbranched alkanes of at least 4 members (excludes halogenated alkanes) is 3. The lowest BCUT2D eigenvalue weighted by Crippen LogP contribution is -2.16. The number of benzene rings is 2. The highest BCUT2D eigenvalue weighted by Crippen LogP contribution is 2.24. The largest absolute Gasteiger partial charge is 0.506 e. The molecule has 2 aromatic carbocycles. The molecule has 0 spiro atoms. The third-order valence-corrected chi connectivity index (χ3v) is 5.09. The van der Waals surface area contributed by atoms with Crippen LogP contribution in [0.15, 0.2) is 70.2 Å². The number of phenolic OH excluding ortho intramolecular Hbond substituents is 1. The summed E-state index contributed by atoms with van der Waals surface area (Å²) in [5.74, 6) is 0.921. The van der Waals surface area contributed by atoms with Crippen molar-refractivity contribution in [2.24, 2.45) is 5.10 Å². The SMILES string of the molecule is O=C(CCCCCCC(=O)Nc1ccccc1O)N/N=C/c1ccc(-c2cccc(Cl)c2)o1. The molecule has 0 radical (unpaired) electrons. The number of carbonyl (C=O) groups excluding carboxylic acids is 2. The van der Waals surface area contributed by atoms with Gasteiger partial charge in [-0.2, -0.15) is 5.10 Å². The Kier molecular flexibility index (Phi) is 9.08. The van der Waals surface area contributed by atoms with Crippen molar-refractivity contribution in [1.29, 1.82) is 0 Å². The zero-order valence-corrected chi connectivity index (χ0v) is 18.8. The van der Waals surface area contributed by atoms with Gasteiger partial charge in [-0.25, -0.2) is 5.43 Å². The molecule has 3 rings (SSSR count). The van der Waals surface area contributed by atoms with Crippen molar-refractivity contribution in [3.05, 3.63) is 71.4 Å². The summed E-state index contributed by atoms with van der Waals surface area (Å²) >= 11 is 6.00. The second-order valence-electron chi connectivity index (χ2n) is 7.49. The smallest absolute Gasteiger partial charge is 0.240 e. The molecule has 33 heavy (non-hydrogen) atoms. The van der Waals surface area contributed by atoms with Crippen LogP contribution in [0.5, 0.6) is 5.75 Å². The van der Waals surface area contributed by atoms with E-state index >= 15 is 0 Å². The Hall–Kier alpha value is -3.58. The number of hydrogen-bond acceptors (Lipinski definition) is 5. The quantitative estimate of drug-likeness (QED) is 0.145. The molecular weight excluding hydrogens is 442 g/mol. The molecule has 2 amide bonds. The van der Waals surface area contributed by atoms with Gasteiger partial charge in [0.15, 0.2) is 0 Å². The van der Waals surface area contributed by atoms with E-state index in [0.717, 1.165) is 18.4 Å². The number of hydrogen-bond donors (Lipinski definition) is 3. The van der Waals surface area contributed by atoms with Gasteiger partial charge in [0.1, 0.15) is 17.3 Å². The Labute approximate surface area is 197 Å². The van der Waals surface area contributed by atoms with Gasteiger partial charge in [0.2, 0.25) is 11.8 Å². The second-order valence-corrected chi connectivity index (χ2v) is 7.92. The van der Waals surface area contributed by atoms with Crippen molar-refractivity contribution < 1.29 is 19.1 Å². The van der Waals surface area contributed by atoms with E-state index in [1.807, 2.05) is 24.3 Å². The normalized spacial score (nSPS) is 10.9. The maximum absolute atomic E-state index is 11.9. The highest BCUT2D eigenvalue weighted by molar-refractivity contribution is 6.30. The molecule has 8 heteroatoms. The third-order valence-electron chi connectivity index (χ3n) is 4.85. The van der Waals surface area contributed by atoms with Gasteiger partial charge in [0, 0.05) is 23.4 Å². The first-order valence-corrected chi connectivity index (χ1v) is 11.1. The summed E-state index contributed by atoms with van der Waals surface area (Å²) in [5.41, 5.74) is 3.77. The summed E-state index contributed by atoms with van der Waals surface area (Å²) in [6, 6.07) is 17.5. The van der Waals surface area contributed by atoms with Crippen LogP contribution in [-0.4, -0.2) is 23.1 Å². The van der Waals surface area contributed by atoms with Gasteiger partial charge in [-0.1, -0.05) is 48.7 Å². The van der Waals surface area contributed by atoms with Crippen LogP contribution < -0.4 is 10.7 Å². The fraction of sp³-hybridized carbons (Fsp3) is 0.240. The number of nitrogens with zero attached hydrogens (tertiary/aromatic N) is 1. The number of aromatic hydroxyl groups is 1. The molecule has 0 aliphatic carbocycles. The fourth-order valence-electron chi connectivity index (χ4n) is 3.16. The molecule has 172 valence electrons. The lowest BCUT2D eigenvalue weighted by Gasteiger charge is -2.06. The number of halogens is 1. The number of anilines is 1. The lowest BCUT2D eigenvalue weighted by molar-refractivity contribution is -0.121. The Morgan fingerprint density at radius 3 is 2.45 bits per heavy atom. The Morgan fingerprint density at radius 2 is 1.70 bits per heavy atom. The van der Waals surface area contributed by atoms with Crippen LogP contribution in [0.1, 0.15) is 44.3 Å². The molecule has 0 aliphatic rings. The number of rotatable bonds is 11. The van der Waals surface area contributed by atoms with Gasteiger partial charge < -0.3 is 14.8 Å². The zero-order valence-electron chi connectivity index (χ0n) is 18.1. The van der Waals surface area contributed by atoms with Crippen LogP contribution in [0.25, 0.3) is 11.3 Å². The molecular formula is C25H26ClN3O4.